The summed E-state index contributed by atoms with van der Waals surface area (Å²) >= 11 is 0. The van der Waals surface area contributed by atoms with Gasteiger partial charge in [-0.2, -0.15) is 4.31 Å². The van der Waals surface area contributed by atoms with E-state index in [2.05, 4.69) is 5.32 Å². The molecule has 174 valence electrons. The minimum Gasteiger partial charge on any atom is -0.497 e. The van der Waals surface area contributed by atoms with Crippen molar-refractivity contribution in [1.82, 2.24) is 9.62 Å². The monoisotopic (exact) mass is 472 g/mol. The molecule has 0 spiro atoms. The van der Waals surface area contributed by atoms with E-state index in [0.717, 1.165) is 16.9 Å². The first-order valence-electron chi connectivity index (χ1n) is 10.3. The number of ether oxygens (including phenoxy) is 2. The van der Waals surface area contributed by atoms with Crippen LogP contribution in [0.5, 0.6) is 11.5 Å². The van der Waals surface area contributed by atoms with Gasteiger partial charge in [0.05, 0.1) is 20.0 Å². The molecule has 1 aromatic heterocycles. The van der Waals surface area contributed by atoms with Crippen LogP contribution in [0.15, 0.2) is 51.7 Å². The Kier molecular flexibility index (Phi) is 6.39. The van der Waals surface area contributed by atoms with E-state index in [1.165, 1.54) is 17.5 Å². The Morgan fingerprint density at radius 3 is 2.70 bits per heavy atom. The molecule has 9 nitrogen and oxygen atoms in total. The van der Waals surface area contributed by atoms with Gasteiger partial charge in [-0.3, -0.25) is 4.79 Å². The van der Waals surface area contributed by atoms with Gasteiger partial charge in [0, 0.05) is 25.0 Å². The second-order valence-electron chi connectivity index (χ2n) is 7.62. The highest BCUT2D eigenvalue weighted by molar-refractivity contribution is 7.89. The number of nitrogens with zero attached hydrogens (tertiary/aromatic N) is 1. The zero-order valence-corrected chi connectivity index (χ0v) is 19.1. The Hall–Kier alpha value is -3.37. The van der Waals surface area contributed by atoms with Crippen molar-refractivity contribution in [2.24, 2.45) is 0 Å². The molecule has 33 heavy (non-hydrogen) atoms. The van der Waals surface area contributed by atoms with Crippen molar-refractivity contribution in [1.29, 1.82) is 0 Å². The number of amides is 1. The van der Waals surface area contributed by atoms with E-state index in [4.69, 9.17) is 13.9 Å². The Morgan fingerprint density at radius 1 is 1.12 bits per heavy atom. The van der Waals surface area contributed by atoms with Gasteiger partial charge < -0.3 is 19.2 Å². The minimum absolute atomic E-state index is 0.136. The summed E-state index contributed by atoms with van der Waals surface area (Å²) < 4.78 is 42.7. The normalized spacial score (nSPS) is 14.0. The Morgan fingerprint density at radius 2 is 1.94 bits per heavy atom. The number of hydrogen-bond donors (Lipinski definition) is 1. The Labute approximate surface area is 191 Å². The second kappa shape index (κ2) is 9.24. The maximum Gasteiger partial charge on any atom is 0.349 e. The van der Waals surface area contributed by atoms with Crippen LogP contribution >= 0.6 is 0 Å². The summed E-state index contributed by atoms with van der Waals surface area (Å²) in [5, 5.41) is 3.03. The molecule has 0 unspecified atom stereocenters. The third-order valence-electron chi connectivity index (χ3n) is 5.62. The van der Waals surface area contributed by atoms with E-state index in [1.54, 1.807) is 31.4 Å². The highest BCUT2D eigenvalue weighted by atomic mass is 32.2. The van der Waals surface area contributed by atoms with Crippen molar-refractivity contribution in [2.45, 2.75) is 13.0 Å². The molecular formula is C23H24N2O7S. The maximum atomic E-state index is 12.8. The molecular weight excluding hydrogens is 448 g/mol. The van der Waals surface area contributed by atoms with Gasteiger partial charge in [0.1, 0.15) is 11.3 Å². The van der Waals surface area contributed by atoms with E-state index in [-0.39, 0.29) is 30.0 Å². The molecule has 3 aromatic rings. The fourth-order valence-electron chi connectivity index (χ4n) is 3.82. The van der Waals surface area contributed by atoms with E-state index in [0.29, 0.717) is 24.1 Å². The highest BCUT2D eigenvalue weighted by Crippen LogP contribution is 2.26. The molecule has 1 N–H and O–H groups in total. The lowest BCUT2D eigenvalue weighted by Gasteiger charge is -2.28. The molecule has 2 aromatic carbocycles. The smallest absolute Gasteiger partial charge is 0.349 e. The molecule has 0 radical (unpaired) electrons. The number of benzene rings is 2. The average molecular weight is 473 g/mol. The van der Waals surface area contributed by atoms with Gasteiger partial charge in [-0.15, -0.1) is 0 Å². The molecule has 10 heteroatoms. The lowest BCUT2D eigenvalue weighted by molar-refractivity contribution is 0.0952. The molecule has 1 aliphatic rings. The summed E-state index contributed by atoms with van der Waals surface area (Å²) in [6.45, 7) is 0.487. The third-order valence-corrected chi connectivity index (χ3v) is 7.44. The Bertz CT molecular complexity index is 1360. The average Bonchev–Trinajstić information content (AvgIpc) is 2.82. The van der Waals surface area contributed by atoms with E-state index >= 15 is 0 Å². The number of rotatable bonds is 7. The topological polar surface area (TPSA) is 115 Å². The van der Waals surface area contributed by atoms with E-state index in [1.807, 2.05) is 12.1 Å². The van der Waals surface area contributed by atoms with Gasteiger partial charge in [-0.25, -0.2) is 13.2 Å². The molecule has 0 atom stereocenters. The third kappa shape index (κ3) is 4.71. The maximum absolute atomic E-state index is 12.8. The molecule has 2 heterocycles. The van der Waals surface area contributed by atoms with E-state index < -0.39 is 21.6 Å². The number of nitrogens with one attached hydrogen (secondary N) is 1. The van der Waals surface area contributed by atoms with Gasteiger partial charge in [0.2, 0.25) is 10.0 Å². The summed E-state index contributed by atoms with van der Waals surface area (Å²) in [5.41, 5.74) is 1.21. The number of fused-ring (bicyclic) bond motifs is 2. The molecule has 0 fully saturated rings. The number of sulfonamides is 1. The number of carbonyl (C=O) groups is 1. The quantitative estimate of drug-likeness (QED) is 0.523. The minimum atomic E-state index is -3.60. The lowest BCUT2D eigenvalue weighted by atomic mass is 10.0. The van der Waals surface area contributed by atoms with Crippen LogP contribution in [0, 0.1) is 0 Å². The molecule has 0 bridgehead atoms. The van der Waals surface area contributed by atoms with Crippen LogP contribution < -0.4 is 20.4 Å². The molecule has 1 amide bonds. The summed E-state index contributed by atoms with van der Waals surface area (Å²) in [4.78, 5) is 24.8. The lowest BCUT2D eigenvalue weighted by Crippen LogP contribution is -2.40. The predicted molar refractivity (Wildman–Crippen MR) is 122 cm³/mol. The highest BCUT2D eigenvalue weighted by Gasteiger charge is 2.27. The van der Waals surface area contributed by atoms with Crippen molar-refractivity contribution in [3.05, 3.63) is 69.6 Å². The Balaban J connectivity index is 1.41. The first-order chi connectivity index (χ1) is 15.8. The van der Waals surface area contributed by atoms with Crippen LogP contribution in [0.3, 0.4) is 0 Å². The fourth-order valence-corrected chi connectivity index (χ4v) is 5.15. The van der Waals surface area contributed by atoms with Crippen LogP contribution in [-0.2, 0) is 23.0 Å². The first-order valence-corrected chi connectivity index (χ1v) is 12.0. The number of hydrogen-bond acceptors (Lipinski definition) is 7. The molecule has 0 saturated carbocycles. The van der Waals surface area contributed by atoms with Crippen molar-refractivity contribution in [3.8, 4) is 11.5 Å². The number of methoxy groups -OCH3 is 2. The summed E-state index contributed by atoms with van der Waals surface area (Å²) in [6.07, 6.45) is 0.583. The van der Waals surface area contributed by atoms with Crippen molar-refractivity contribution in [2.75, 3.05) is 33.1 Å². The largest absolute Gasteiger partial charge is 0.497 e. The predicted octanol–water partition coefficient (Wildman–Crippen LogP) is 1.93. The number of para-hydroxylation sites is 1. The van der Waals surface area contributed by atoms with Crippen molar-refractivity contribution in [3.63, 3.8) is 0 Å². The molecule has 0 aliphatic carbocycles. The zero-order chi connectivity index (χ0) is 23.6. The van der Waals surface area contributed by atoms with E-state index in [9.17, 15) is 18.0 Å². The fraction of sp³-hybridized carbons (Fsp3) is 0.304. The SMILES string of the molecule is COc1ccc2c(c1)CCN(S(=O)(=O)CCNC(=O)c1cc3cccc(OC)c3oc1=O)C2. The van der Waals surface area contributed by atoms with Gasteiger partial charge >= 0.3 is 5.63 Å². The van der Waals surface area contributed by atoms with Crippen LogP contribution in [0.2, 0.25) is 0 Å². The summed E-state index contributed by atoms with van der Waals surface area (Å²) in [7, 11) is -0.561. The molecule has 4 rings (SSSR count). The van der Waals surface area contributed by atoms with Crippen LogP contribution in [0.25, 0.3) is 11.0 Å². The molecule has 0 saturated heterocycles. The summed E-state index contributed by atoms with van der Waals surface area (Å²) in [6, 6.07) is 12.0. The standard InChI is InChI=1S/C23H24N2O7S/c1-30-18-7-6-17-14-25(10-8-15(17)12-18)33(28,29)11-9-24-22(26)19-13-16-4-3-5-20(31-2)21(16)32-23(19)27/h3-7,12-13H,8-11,14H2,1-2H3,(H,24,26). The summed E-state index contributed by atoms with van der Waals surface area (Å²) in [5.74, 6) is 0.144. The van der Waals surface area contributed by atoms with Crippen LogP contribution in [-0.4, -0.2) is 51.7 Å². The number of carbonyl (C=O) groups excluding carboxylic acids is 1. The van der Waals surface area contributed by atoms with Gasteiger partial charge in [-0.1, -0.05) is 18.2 Å². The van der Waals surface area contributed by atoms with Gasteiger partial charge in [0.15, 0.2) is 11.3 Å². The first kappa shape index (κ1) is 22.8. The van der Waals surface area contributed by atoms with Gasteiger partial charge in [-0.05, 0) is 41.8 Å². The molecule has 1 aliphatic heterocycles. The van der Waals surface area contributed by atoms with Gasteiger partial charge in [0.25, 0.3) is 5.91 Å². The zero-order valence-electron chi connectivity index (χ0n) is 18.3. The van der Waals surface area contributed by atoms with Crippen LogP contribution in [0.1, 0.15) is 21.5 Å². The van der Waals surface area contributed by atoms with Crippen molar-refractivity contribution >= 4 is 26.9 Å². The van der Waals surface area contributed by atoms with Crippen molar-refractivity contribution < 1.29 is 27.1 Å². The second-order valence-corrected chi connectivity index (χ2v) is 9.70. The van der Waals surface area contributed by atoms with Crippen LogP contribution in [0.4, 0.5) is 0 Å².